The standard InChI is InChI=1S/C17H16ClN5O2/c18-11-1-2-15-13(9-11)22-17(25-15)23-7-3-12(4-8-23)21-16(24)14-10-19-5-6-20-14/h1-2,5-6,9-10,12H,3-4,7-8H2,(H,21,24). The highest BCUT2D eigenvalue weighted by molar-refractivity contribution is 6.31. The number of oxazole rings is 1. The van der Waals surface area contributed by atoms with Gasteiger partial charge in [-0.2, -0.15) is 4.98 Å². The first kappa shape index (κ1) is 15.8. The molecule has 1 aliphatic heterocycles. The minimum atomic E-state index is -0.192. The number of nitrogens with zero attached hydrogens (tertiary/aromatic N) is 4. The maximum atomic E-state index is 12.1. The summed E-state index contributed by atoms with van der Waals surface area (Å²) < 4.78 is 5.80. The number of hydrogen-bond donors (Lipinski definition) is 1. The summed E-state index contributed by atoms with van der Waals surface area (Å²) in [4.78, 5) is 26.7. The van der Waals surface area contributed by atoms with Gasteiger partial charge in [-0.1, -0.05) is 11.6 Å². The van der Waals surface area contributed by atoms with Crippen molar-refractivity contribution < 1.29 is 9.21 Å². The van der Waals surface area contributed by atoms with Crippen molar-refractivity contribution in [2.75, 3.05) is 18.0 Å². The number of amides is 1. The molecule has 0 spiro atoms. The maximum absolute atomic E-state index is 12.1. The van der Waals surface area contributed by atoms with E-state index in [0.29, 0.717) is 16.7 Å². The van der Waals surface area contributed by atoms with Gasteiger partial charge in [0.25, 0.3) is 11.9 Å². The van der Waals surface area contributed by atoms with Crippen LogP contribution in [0.4, 0.5) is 6.01 Å². The molecular formula is C17H16ClN5O2. The topological polar surface area (TPSA) is 84.2 Å². The fourth-order valence-corrected chi connectivity index (χ4v) is 3.08. The third-order valence-electron chi connectivity index (χ3n) is 4.23. The number of carbonyl (C=O) groups is 1. The zero-order chi connectivity index (χ0) is 17.2. The Morgan fingerprint density at radius 1 is 1.28 bits per heavy atom. The predicted octanol–water partition coefficient (Wildman–Crippen LogP) is 2.67. The van der Waals surface area contributed by atoms with Crippen LogP contribution in [0.15, 0.2) is 41.2 Å². The number of hydrogen-bond acceptors (Lipinski definition) is 6. The average molecular weight is 358 g/mol. The Morgan fingerprint density at radius 2 is 2.12 bits per heavy atom. The van der Waals surface area contributed by atoms with Crippen molar-refractivity contribution in [2.45, 2.75) is 18.9 Å². The molecule has 0 atom stereocenters. The minimum absolute atomic E-state index is 0.101. The SMILES string of the molecule is O=C(NC1CCN(c2nc3cc(Cl)ccc3o2)CC1)c1cnccn1. The number of piperidine rings is 1. The second kappa shape index (κ2) is 6.68. The first-order valence-corrected chi connectivity index (χ1v) is 8.45. The molecule has 1 aromatic carbocycles. The Labute approximate surface area is 149 Å². The lowest BCUT2D eigenvalue weighted by molar-refractivity contribution is 0.0925. The molecule has 1 amide bonds. The van der Waals surface area contributed by atoms with Crippen molar-refractivity contribution >= 4 is 34.6 Å². The summed E-state index contributed by atoms with van der Waals surface area (Å²) in [5, 5.41) is 3.64. The van der Waals surface area contributed by atoms with E-state index in [2.05, 4.69) is 25.2 Å². The van der Waals surface area contributed by atoms with Gasteiger partial charge >= 0.3 is 0 Å². The van der Waals surface area contributed by atoms with Crippen LogP contribution in [-0.2, 0) is 0 Å². The Bertz CT molecular complexity index is 890. The molecule has 1 aliphatic rings. The van der Waals surface area contributed by atoms with Gasteiger partial charge in [-0.25, -0.2) is 4.98 Å². The number of benzene rings is 1. The van der Waals surface area contributed by atoms with E-state index in [-0.39, 0.29) is 11.9 Å². The third kappa shape index (κ3) is 3.41. The summed E-state index contributed by atoms with van der Waals surface area (Å²) in [6.07, 6.45) is 6.14. The minimum Gasteiger partial charge on any atom is -0.423 e. The largest absolute Gasteiger partial charge is 0.423 e. The molecule has 1 saturated heterocycles. The normalized spacial score (nSPS) is 15.5. The van der Waals surface area contributed by atoms with E-state index in [1.54, 1.807) is 18.3 Å². The van der Waals surface area contributed by atoms with Crippen molar-refractivity contribution in [1.29, 1.82) is 0 Å². The van der Waals surface area contributed by atoms with E-state index in [1.165, 1.54) is 12.4 Å². The number of aromatic nitrogens is 3. The molecule has 128 valence electrons. The van der Waals surface area contributed by atoms with Gasteiger partial charge in [0.05, 0.1) is 6.20 Å². The lowest BCUT2D eigenvalue weighted by Crippen LogP contribution is -2.45. The van der Waals surface area contributed by atoms with E-state index >= 15 is 0 Å². The van der Waals surface area contributed by atoms with Gasteiger partial charge in [-0.3, -0.25) is 9.78 Å². The lowest BCUT2D eigenvalue weighted by Gasteiger charge is -2.31. The van der Waals surface area contributed by atoms with E-state index in [1.807, 2.05) is 6.07 Å². The zero-order valence-electron chi connectivity index (χ0n) is 13.4. The van der Waals surface area contributed by atoms with Crippen molar-refractivity contribution in [1.82, 2.24) is 20.3 Å². The Morgan fingerprint density at radius 3 is 2.88 bits per heavy atom. The highest BCUT2D eigenvalue weighted by atomic mass is 35.5. The molecular weight excluding hydrogens is 342 g/mol. The van der Waals surface area contributed by atoms with Crippen molar-refractivity contribution in [2.24, 2.45) is 0 Å². The average Bonchev–Trinajstić information content (AvgIpc) is 3.06. The summed E-state index contributed by atoms with van der Waals surface area (Å²) in [5.74, 6) is -0.192. The summed E-state index contributed by atoms with van der Waals surface area (Å²) in [6.45, 7) is 1.51. The Balaban J connectivity index is 1.38. The van der Waals surface area contributed by atoms with Crippen molar-refractivity contribution in [3.05, 3.63) is 47.5 Å². The number of fused-ring (bicyclic) bond motifs is 1. The zero-order valence-corrected chi connectivity index (χ0v) is 14.1. The van der Waals surface area contributed by atoms with Gasteiger partial charge in [0.1, 0.15) is 11.2 Å². The third-order valence-corrected chi connectivity index (χ3v) is 4.47. The van der Waals surface area contributed by atoms with Crippen molar-refractivity contribution in [3.8, 4) is 0 Å². The second-order valence-corrected chi connectivity index (χ2v) is 6.37. The van der Waals surface area contributed by atoms with E-state index in [9.17, 15) is 4.79 Å². The summed E-state index contributed by atoms with van der Waals surface area (Å²) in [5.41, 5.74) is 1.80. The molecule has 0 radical (unpaired) electrons. The van der Waals surface area contributed by atoms with E-state index in [0.717, 1.165) is 37.0 Å². The van der Waals surface area contributed by atoms with Crippen LogP contribution in [0.5, 0.6) is 0 Å². The number of anilines is 1. The Kier molecular flexibility index (Phi) is 4.23. The van der Waals surface area contributed by atoms with Gasteiger partial charge in [-0.15, -0.1) is 0 Å². The number of halogens is 1. The summed E-state index contributed by atoms with van der Waals surface area (Å²) in [7, 11) is 0. The summed E-state index contributed by atoms with van der Waals surface area (Å²) >= 11 is 5.99. The second-order valence-electron chi connectivity index (χ2n) is 5.93. The highest BCUT2D eigenvalue weighted by Gasteiger charge is 2.24. The Hall–Kier alpha value is -2.67. The van der Waals surface area contributed by atoms with Crippen LogP contribution in [-0.4, -0.2) is 40.0 Å². The molecule has 2 aromatic heterocycles. The van der Waals surface area contributed by atoms with Gasteiger partial charge in [-0.05, 0) is 31.0 Å². The molecule has 1 N–H and O–H groups in total. The fourth-order valence-electron chi connectivity index (χ4n) is 2.91. The molecule has 7 nitrogen and oxygen atoms in total. The molecule has 0 unspecified atom stereocenters. The predicted molar refractivity (Wildman–Crippen MR) is 93.8 cm³/mol. The highest BCUT2D eigenvalue weighted by Crippen LogP contribution is 2.26. The van der Waals surface area contributed by atoms with Gasteiger partial charge in [0, 0.05) is 36.5 Å². The number of nitrogens with one attached hydrogen (secondary N) is 1. The fraction of sp³-hybridized carbons (Fsp3) is 0.294. The molecule has 8 heteroatoms. The molecule has 4 rings (SSSR count). The molecule has 0 bridgehead atoms. The van der Waals surface area contributed by atoms with Gasteiger partial charge < -0.3 is 14.6 Å². The van der Waals surface area contributed by atoms with E-state index < -0.39 is 0 Å². The van der Waals surface area contributed by atoms with Crippen molar-refractivity contribution in [3.63, 3.8) is 0 Å². The summed E-state index contributed by atoms with van der Waals surface area (Å²) in [6, 6.07) is 6.09. The molecule has 0 aliphatic carbocycles. The first-order chi connectivity index (χ1) is 12.2. The molecule has 3 heterocycles. The maximum Gasteiger partial charge on any atom is 0.298 e. The van der Waals surface area contributed by atoms with Crippen LogP contribution < -0.4 is 10.2 Å². The molecule has 25 heavy (non-hydrogen) atoms. The quantitative estimate of drug-likeness (QED) is 0.775. The molecule has 1 fully saturated rings. The van der Waals surface area contributed by atoms with Crippen LogP contribution >= 0.6 is 11.6 Å². The van der Waals surface area contributed by atoms with Crippen LogP contribution in [0.1, 0.15) is 23.3 Å². The molecule has 3 aromatic rings. The van der Waals surface area contributed by atoms with E-state index in [4.69, 9.17) is 16.0 Å². The number of rotatable bonds is 3. The first-order valence-electron chi connectivity index (χ1n) is 8.07. The number of carbonyl (C=O) groups excluding carboxylic acids is 1. The van der Waals surface area contributed by atoms with Crippen LogP contribution in [0.25, 0.3) is 11.1 Å². The van der Waals surface area contributed by atoms with Crippen LogP contribution in [0, 0.1) is 0 Å². The van der Waals surface area contributed by atoms with Crippen LogP contribution in [0.3, 0.4) is 0 Å². The van der Waals surface area contributed by atoms with Gasteiger partial charge in [0.2, 0.25) is 0 Å². The van der Waals surface area contributed by atoms with Gasteiger partial charge in [0.15, 0.2) is 5.58 Å². The molecule has 0 saturated carbocycles. The lowest BCUT2D eigenvalue weighted by atomic mass is 10.1. The smallest absolute Gasteiger partial charge is 0.298 e. The van der Waals surface area contributed by atoms with Crippen LogP contribution in [0.2, 0.25) is 5.02 Å². The monoisotopic (exact) mass is 357 g/mol.